The molecule has 1 aliphatic rings. The molecule has 1 aliphatic heterocycles. The van der Waals surface area contributed by atoms with Crippen molar-refractivity contribution in [2.45, 2.75) is 37.6 Å². The number of rotatable bonds is 6. The van der Waals surface area contributed by atoms with Crippen molar-refractivity contribution in [3.05, 3.63) is 24.3 Å². The van der Waals surface area contributed by atoms with E-state index in [1.54, 1.807) is 6.20 Å². The minimum Gasteiger partial charge on any atom is -0.374 e. The second-order valence-electron chi connectivity index (χ2n) is 5.62. The molecule has 2 aromatic rings. The molecule has 3 heterocycles. The van der Waals surface area contributed by atoms with Crippen molar-refractivity contribution in [1.29, 1.82) is 0 Å². The van der Waals surface area contributed by atoms with Crippen LogP contribution >= 0.6 is 11.8 Å². The summed E-state index contributed by atoms with van der Waals surface area (Å²) in [6, 6.07) is 1.89. The predicted molar refractivity (Wildman–Crippen MR) is 89.6 cm³/mol. The molecule has 1 fully saturated rings. The maximum absolute atomic E-state index is 12.5. The smallest absolute Gasteiger partial charge is 0.233 e. The minimum absolute atomic E-state index is 0.0310. The van der Waals surface area contributed by atoms with Gasteiger partial charge < -0.3 is 9.64 Å². The van der Waals surface area contributed by atoms with E-state index in [1.807, 2.05) is 28.8 Å². The molecule has 24 heavy (non-hydrogen) atoms. The molecule has 130 valence electrons. The van der Waals surface area contributed by atoms with Crippen molar-refractivity contribution in [2.24, 2.45) is 0 Å². The lowest BCUT2D eigenvalue weighted by Gasteiger charge is -2.23. The van der Waals surface area contributed by atoms with Crippen LogP contribution in [0.5, 0.6) is 0 Å². The zero-order chi connectivity index (χ0) is 16.8. The molecule has 3 rings (SSSR count). The van der Waals surface area contributed by atoms with Gasteiger partial charge in [0.2, 0.25) is 11.1 Å². The summed E-state index contributed by atoms with van der Waals surface area (Å²) in [4.78, 5) is 18.7. The Morgan fingerprint density at radius 1 is 1.54 bits per heavy atom. The first-order chi connectivity index (χ1) is 11.7. The molecule has 1 amide bonds. The molecule has 1 saturated heterocycles. The first-order valence-electron chi connectivity index (χ1n) is 8.15. The maximum atomic E-state index is 12.5. The lowest BCUT2D eigenvalue weighted by Crippen LogP contribution is -2.39. The highest BCUT2D eigenvalue weighted by molar-refractivity contribution is 7.99. The minimum atomic E-state index is -0.0310. The lowest BCUT2D eigenvalue weighted by atomic mass is 10.3. The highest BCUT2D eigenvalue weighted by atomic mass is 32.2. The van der Waals surface area contributed by atoms with Crippen molar-refractivity contribution < 1.29 is 9.53 Å². The second-order valence-corrected chi connectivity index (χ2v) is 6.56. The number of thioether (sulfide) groups is 1. The largest absolute Gasteiger partial charge is 0.374 e. The van der Waals surface area contributed by atoms with E-state index >= 15 is 0 Å². The number of H-pyrrole nitrogens is 1. The van der Waals surface area contributed by atoms with Gasteiger partial charge in [0.1, 0.15) is 5.82 Å². The number of nitrogens with one attached hydrogen (secondary N) is 1. The van der Waals surface area contributed by atoms with E-state index in [0.717, 1.165) is 25.2 Å². The van der Waals surface area contributed by atoms with Gasteiger partial charge in [0, 0.05) is 38.5 Å². The van der Waals surface area contributed by atoms with Crippen molar-refractivity contribution in [3.8, 4) is 0 Å². The van der Waals surface area contributed by atoms with Crippen molar-refractivity contribution in [3.63, 3.8) is 0 Å². The SMILES string of the molecule is CCc1nc(SCC(=O)N2CCCO[C@H](Cn3cccn3)C2)n[nH]1. The fourth-order valence-corrected chi connectivity index (χ4v) is 3.29. The first kappa shape index (κ1) is 17.0. The average molecular weight is 350 g/mol. The highest BCUT2D eigenvalue weighted by Gasteiger charge is 2.23. The Kier molecular flexibility index (Phi) is 5.86. The third-order valence-electron chi connectivity index (χ3n) is 3.82. The first-order valence-corrected chi connectivity index (χ1v) is 9.14. The topological polar surface area (TPSA) is 88.9 Å². The molecule has 1 atom stereocenters. The fourth-order valence-electron chi connectivity index (χ4n) is 2.57. The fraction of sp³-hybridized carbons (Fsp3) is 0.600. The van der Waals surface area contributed by atoms with Gasteiger partial charge >= 0.3 is 0 Å². The number of hydrogen-bond acceptors (Lipinski definition) is 6. The maximum Gasteiger partial charge on any atom is 0.233 e. The van der Waals surface area contributed by atoms with E-state index in [9.17, 15) is 4.79 Å². The molecule has 2 aromatic heterocycles. The monoisotopic (exact) mass is 350 g/mol. The zero-order valence-corrected chi connectivity index (χ0v) is 14.5. The second kappa shape index (κ2) is 8.29. The molecule has 0 spiro atoms. The summed E-state index contributed by atoms with van der Waals surface area (Å²) in [5, 5.41) is 11.8. The number of carbonyl (C=O) groups excluding carboxylic acids is 1. The van der Waals surface area contributed by atoms with Gasteiger partial charge in [-0.15, -0.1) is 5.10 Å². The van der Waals surface area contributed by atoms with Crippen LogP contribution in [0.15, 0.2) is 23.6 Å². The summed E-state index contributed by atoms with van der Waals surface area (Å²) in [6.45, 7) is 4.65. The third kappa shape index (κ3) is 4.57. The highest BCUT2D eigenvalue weighted by Crippen LogP contribution is 2.15. The Hall–Kier alpha value is -1.87. The van der Waals surface area contributed by atoms with E-state index in [1.165, 1.54) is 11.8 Å². The number of carbonyl (C=O) groups is 1. The molecule has 0 aromatic carbocycles. The van der Waals surface area contributed by atoms with Gasteiger partial charge in [0.25, 0.3) is 0 Å². The van der Waals surface area contributed by atoms with Crippen LogP contribution in [0.4, 0.5) is 0 Å². The van der Waals surface area contributed by atoms with Crippen LogP contribution in [-0.4, -0.2) is 67.3 Å². The van der Waals surface area contributed by atoms with E-state index in [-0.39, 0.29) is 12.0 Å². The van der Waals surface area contributed by atoms with E-state index in [2.05, 4.69) is 20.3 Å². The number of amides is 1. The van der Waals surface area contributed by atoms with Crippen LogP contribution in [0.3, 0.4) is 0 Å². The number of aryl methyl sites for hydroxylation is 1. The van der Waals surface area contributed by atoms with Gasteiger partial charge in [-0.3, -0.25) is 14.6 Å². The molecule has 8 nitrogen and oxygen atoms in total. The van der Waals surface area contributed by atoms with Gasteiger partial charge in [0.05, 0.1) is 18.4 Å². The number of nitrogens with zero attached hydrogens (tertiary/aromatic N) is 5. The Morgan fingerprint density at radius 2 is 2.46 bits per heavy atom. The van der Waals surface area contributed by atoms with E-state index in [0.29, 0.717) is 30.6 Å². The average Bonchev–Trinajstić information content (AvgIpc) is 3.21. The van der Waals surface area contributed by atoms with Crippen molar-refractivity contribution in [2.75, 3.05) is 25.4 Å². The number of ether oxygens (including phenoxy) is 1. The van der Waals surface area contributed by atoms with Gasteiger partial charge in [-0.25, -0.2) is 4.98 Å². The quantitative estimate of drug-likeness (QED) is 0.781. The van der Waals surface area contributed by atoms with E-state index < -0.39 is 0 Å². The van der Waals surface area contributed by atoms with Crippen LogP contribution in [0.1, 0.15) is 19.2 Å². The molecular weight excluding hydrogens is 328 g/mol. The standard InChI is InChI=1S/C15H22N6O2S/c1-2-13-17-15(19-18-13)24-11-14(22)20-6-4-8-23-12(9-20)10-21-7-3-5-16-21/h3,5,7,12H,2,4,6,8-11H2,1H3,(H,17,18,19)/t12-/m0/s1. The van der Waals surface area contributed by atoms with Gasteiger partial charge in [-0.2, -0.15) is 5.10 Å². The number of hydrogen-bond donors (Lipinski definition) is 1. The Balaban J connectivity index is 1.52. The molecule has 0 bridgehead atoms. The molecule has 1 N–H and O–H groups in total. The molecular formula is C15H22N6O2S. The van der Waals surface area contributed by atoms with E-state index in [4.69, 9.17) is 4.74 Å². The molecule has 0 saturated carbocycles. The van der Waals surface area contributed by atoms with Crippen LogP contribution in [0, 0.1) is 0 Å². The van der Waals surface area contributed by atoms with Crippen molar-refractivity contribution >= 4 is 17.7 Å². The van der Waals surface area contributed by atoms with Crippen molar-refractivity contribution in [1.82, 2.24) is 29.9 Å². The summed E-state index contributed by atoms with van der Waals surface area (Å²) in [7, 11) is 0. The Labute approximate surface area is 145 Å². The lowest BCUT2D eigenvalue weighted by molar-refractivity contribution is -0.129. The molecule has 9 heteroatoms. The summed E-state index contributed by atoms with van der Waals surface area (Å²) in [5.41, 5.74) is 0. The third-order valence-corrected chi connectivity index (χ3v) is 4.66. The number of aromatic amines is 1. The summed E-state index contributed by atoms with van der Waals surface area (Å²) < 4.78 is 7.69. The van der Waals surface area contributed by atoms with Crippen LogP contribution < -0.4 is 0 Å². The van der Waals surface area contributed by atoms with Crippen LogP contribution in [0.25, 0.3) is 0 Å². The summed E-state index contributed by atoms with van der Waals surface area (Å²) >= 11 is 1.37. The zero-order valence-electron chi connectivity index (χ0n) is 13.7. The molecule has 0 aliphatic carbocycles. The Morgan fingerprint density at radius 3 is 3.21 bits per heavy atom. The normalized spacial score (nSPS) is 18.5. The van der Waals surface area contributed by atoms with Crippen LogP contribution in [0.2, 0.25) is 0 Å². The number of aromatic nitrogens is 5. The predicted octanol–water partition coefficient (Wildman–Crippen LogP) is 0.973. The molecule has 0 radical (unpaired) electrons. The summed E-state index contributed by atoms with van der Waals surface area (Å²) in [6.07, 6.45) is 5.28. The Bertz CT molecular complexity index is 644. The summed E-state index contributed by atoms with van der Waals surface area (Å²) in [5.74, 6) is 1.28. The van der Waals surface area contributed by atoms with Crippen LogP contribution in [-0.2, 0) is 22.5 Å². The molecule has 0 unspecified atom stereocenters. The van der Waals surface area contributed by atoms with Gasteiger partial charge in [-0.1, -0.05) is 18.7 Å². The van der Waals surface area contributed by atoms with Gasteiger partial charge in [-0.05, 0) is 12.5 Å². The van der Waals surface area contributed by atoms with Gasteiger partial charge in [0.15, 0.2) is 0 Å².